The molecule has 1 aliphatic heterocycles. The van der Waals surface area contributed by atoms with Crippen LogP contribution in [-0.2, 0) is 11.3 Å². The maximum atomic E-state index is 14.0. The Kier molecular flexibility index (Phi) is 5.76. The van der Waals surface area contributed by atoms with E-state index in [2.05, 4.69) is 10.2 Å². The van der Waals surface area contributed by atoms with Gasteiger partial charge in [-0.05, 0) is 65.9 Å². The summed E-state index contributed by atoms with van der Waals surface area (Å²) < 4.78 is 19.4. The molecule has 1 N–H and O–H groups in total. The summed E-state index contributed by atoms with van der Waals surface area (Å²) in [4.78, 5) is 14.7. The summed E-state index contributed by atoms with van der Waals surface area (Å²) in [6.07, 6.45) is 4.55. The van der Waals surface area contributed by atoms with Gasteiger partial charge in [0.1, 0.15) is 17.3 Å². The Bertz CT molecular complexity index is 1140. The predicted octanol–water partition coefficient (Wildman–Crippen LogP) is 4.63. The molecule has 6 nitrogen and oxygen atoms in total. The van der Waals surface area contributed by atoms with E-state index < -0.39 is 5.82 Å². The molecule has 1 aliphatic rings. The number of rotatable bonds is 5. The number of hydrogen-bond acceptors (Lipinski definition) is 6. The third-order valence-electron chi connectivity index (χ3n) is 4.22. The summed E-state index contributed by atoms with van der Waals surface area (Å²) >= 11 is 1.12. The van der Waals surface area contributed by atoms with Crippen molar-refractivity contribution in [2.45, 2.75) is 6.54 Å². The van der Waals surface area contributed by atoms with Gasteiger partial charge in [0.25, 0.3) is 5.91 Å². The first-order valence-corrected chi connectivity index (χ1v) is 9.80. The first kappa shape index (κ1) is 19.7. The smallest absolute Gasteiger partial charge is 0.267 e. The van der Waals surface area contributed by atoms with Crippen LogP contribution in [0.5, 0.6) is 5.75 Å². The van der Waals surface area contributed by atoms with Crippen LogP contribution >= 0.6 is 11.8 Å². The minimum absolute atomic E-state index is 0.156. The molecule has 0 unspecified atom stereocenters. The number of aromatic hydroxyl groups is 1. The molecule has 30 heavy (non-hydrogen) atoms. The molecule has 0 spiro atoms. The van der Waals surface area contributed by atoms with E-state index in [1.807, 2.05) is 0 Å². The van der Waals surface area contributed by atoms with Gasteiger partial charge in [0.2, 0.25) is 0 Å². The molecule has 2 heterocycles. The van der Waals surface area contributed by atoms with Gasteiger partial charge in [0.15, 0.2) is 5.17 Å². The fourth-order valence-corrected chi connectivity index (χ4v) is 3.64. The van der Waals surface area contributed by atoms with Gasteiger partial charge in [0, 0.05) is 5.56 Å². The Labute approximate surface area is 176 Å². The number of halogens is 1. The molecular formula is C22H16FN3O3S. The van der Waals surface area contributed by atoms with E-state index in [-0.39, 0.29) is 18.2 Å². The van der Waals surface area contributed by atoms with Gasteiger partial charge in [-0.25, -0.2) is 4.39 Å². The van der Waals surface area contributed by atoms with Gasteiger partial charge in [-0.3, -0.25) is 9.69 Å². The van der Waals surface area contributed by atoms with Crippen LogP contribution in [0.4, 0.5) is 4.39 Å². The van der Waals surface area contributed by atoms with Crippen LogP contribution in [0.2, 0.25) is 0 Å². The quantitative estimate of drug-likeness (QED) is 0.370. The van der Waals surface area contributed by atoms with Crippen LogP contribution in [0.3, 0.4) is 0 Å². The number of phenolic OH excluding ortho intramolecular Hbond substituents is 1. The fraction of sp³-hybridized carbons (Fsp3) is 0.0455. The van der Waals surface area contributed by atoms with Gasteiger partial charge >= 0.3 is 0 Å². The minimum Gasteiger partial charge on any atom is -0.508 e. The zero-order valence-electron chi connectivity index (χ0n) is 15.6. The highest BCUT2D eigenvalue weighted by atomic mass is 32.2. The fourth-order valence-electron chi connectivity index (χ4n) is 2.72. The van der Waals surface area contributed by atoms with E-state index in [0.29, 0.717) is 21.4 Å². The van der Waals surface area contributed by atoms with Gasteiger partial charge in [-0.1, -0.05) is 18.2 Å². The molecule has 0 radical (unpaired) electrons. The van der Waals surface area contributed by atoms with Crippen LogP contribution in [0.15, 0.2) is 86.5 Å². The lowest BCUT2D eigenvalue weighted by molar-refractivity contribution is -0.122. The van der Waals surface area contributed by atoms with Crippen molar-refractivity contribution in [2.75, 3.05) is 0 Å². The standard InChI is InChI=1S/C22H16FN3O3S/c23-19-6-2-1-4-16(19)12-20-21(28)26(14-18-5-3-11-29-18)22(30-20)25-24-13-15-7-9-17(27)10-8-15/h1-13,27H,14H2/b20-12-,24-13+,25-22-. The van der Waals surface area contributed by atoms with Gasteiger partial charge < -0.3 is 9.52 Å². The number of hydrogen-bond donors (Lipinski definition) is 1. The lowest BCUT2D eigenvalue weighted by Gasteiger charge is -2.12. The Morgan fingerprint density at radius 3 is 2.63 bits per heavy atom. The van der Waals surface area contributed by atoms with Crippen LogP contribution in [0.25, 0.3) is 6.08 Å². The van der Waals surface area contributed by atoms with E-state index in [4.69, 9.17) is 4.42 Å². The molecule has 4 rings (SSSR count). The van der Waals surface area contributed by atoms with Crippen LogP contribution in [0.1, 0.15) is 16.9 Å². The summed E-state index contributed by atoms with van der Waals surface area (Å²) in [5.74, 6) is 0.0271. The minimum atomic E-state index is -0.410. The van der Waals surface area contributed by atoms with Crippen molar-refractivity contribution >= 4 is 35.1 Å². The van der Waals surface area contributed by atoms with Crippen LogP contribution in [0, 0.1) is 5.82 Å². The maximum Gasteiger partial charge on any atom is 0.267 e. The lowest BCUT2D eigenvalue weighted by atomic mass is 10.2. The zero-order chi connectivity index (χ0) is 20.9. The third kappa shape index (κ3) is 4.49. The second-order valence-corrected chi connectivity index (χ2v) is 7.33. The summed E-state index contributed by atoms with van der Waals surface area (Å²) in [6, 6.07) is 16.2. The number of amides is 1. The number of amidine groups is 1. The lowest BCUT2D eigenvalue weighted by Crippen LogP contribution is -2.28. The summed E-state index contributed by atoms with van der Waals surface area (Å²) in [5, 5.41) is 17.9. The summed E-state index contributed by atoms with van der Waals surface area (Å²) in [6.45, 7) is 0.182. The number of thioether (sulfide) groups is 1. The topological polar surface area (TPSA) is 78.4 Å². The highest BCUT2D eigenvalue weighted by molar-refractivity contribution is 8.18. The monoisotopic (exact) mass is 421 g/mol. The third-order valence-corrected chi connectivity index (χ3v) is 5.21. The first-order chi connectivity index (χ1) is 14.6. The molecular weight excluding hydrogens is 405 g/mol. The SMILES string of the molecule is O=C1/C(=C/c2ccccc2F)S/C(=N\N=C\c2ccc(O)cc2)N1Cc1ccco1. The Morgan fingerprint density at radius 2 is 1.90 bits per heavy atom. The molecule has 1 aromatic heterocycles. The maximum absolute atomic E-state index is 14.0. The van der Waals surface area contributed by atoms with Gasteiger partial charge in [-0.15, -0.1) is 5.10 Å². The molecule has 8 heteroatoms. The number of nitrogens with zero attached hydrogens (tertiary/aromatic N) is 3. The van der Waals surface area contributed by atoms with Crippen molar-refractivity contribution in [3.05, 3.63) is 94.5 Å². The zero-order valence-corrected chi connectivity index (χ0v) is 16.4. The van der Waals surface area contributed by atoms with Crippen molar-refractivity contribution in [3.8, 4) is 5.75 Å². The van der Waals surface area contributed by atoms with E-state index in [9.17, 15) is 14.3 Å². The number of carbonyl (C=O) groups excluding carboxylic acids is 1. The van der Waals surface area contributed by atoms with Crippen LogP contribution < -0.4 is 0 Å². The Hall–Kier alpha value is -3.65. The molecule has 1 amide bonds. The van der Waals surface area contributed by atoms with Crippen molar-refractivity contribution in [1.29, 1.82) is 0 Å². The summed E-state index contributed by atoms with van der Waals surface area (Å²) in [5.41, 5.74) is 1.06. The number of benzene rings is 2. The second-order valence-electron chi connectivity index (χ2n) is 6.32. The average molecular weight is 421 g/mol. The van der Waals surface area contributed by atoms with Gasteiger partial charge in [-0.2, -0.15) is 5.10 Å². The van der Waals surface area contributed by atoms with Crippen molar-refractivity contribution in [1.82, 2.24) is 4.90 Å². The van der Waals surface area contributed by atoms with Crippen LogP contribution in [-0.4, -0.2) is 27.3 Å². The molecule has 2 aromatic carbocycles. The number of phenols is 1. The van der Waals surface area contributed by atoms with E-state index >= 15 is 0 Å². The first-order valence-electron chi connectivity index (χ1n) is 8.98. The molecule has 1 saturated heterocycles. The molecule has 0 aliphatic carbocycles. The van der Waals surface area contributed by atoms with Crippen molar-refractivity contribution in [2.24, 2.45) is 10.2 Å². The number of carbonyl (C=O) groups is 1. The van der Waals surface area contributed by atoms with Crippen molar-refractivity contribution in [3.63, 3.8) is 0 Å². The van der Waals surface area contributed by atoms with E-state index in [1.165, 1.54) is 29.5 Å². The Balaban J connectivity index is 1.63. The van der Waals surface area contributed by atoms with Gasteiger partial charge in [0.05, 0.1) is 23.9 Å². The largest absolute Gasteiger partial charge is 0.508 e. The highest BCUT2D eigenvalue weighted by Gasteiger charge is 2.34. The second kappa shape index (κ2) is 8.79. The molecule has 1 fully saturated rings. The molecule has 0 atom stereocenters. The van der Waals surface area contributed by atoms with E-state index in [1.54, 1.807) is 54.6 Å². The molecule has 3 aromatic rings. The molecule has 0 bridgehead atoms. The molecule has 150 valence electrons. The normalized spacial score (nSPS) is 17.0. The summed E-state index contributed by atoms with van der Waals surface area (Å²) in [7, 11) is 0. The number of furan rings is 1. The highest BCUT2D eigenvalue weighted by Crippen LogP contribution is 2.34. The Morgan fingerprint density at radius 1 is 1.10 bits per heavy atom. The predicted molar refractivity (Wildman–Crippen MR) is 114 cm³/mol. The average Bonchev–Trinajstić information content (AvgIpc) is 3.35. The van der Waals surface area contributed by atoms with E-state index in [0.717, 1.165) is 17.3 Å². The molecule has 0 saturated carbocycles. The van der Waals surface area contributed by atoms with Crippen molar-refractivity contribution < 1.29 is 18.7 Å².